The molecule has 0 saturated carbocycles. The molecule has 1 atom stereocenters. The topological polar surface area (TPSA) is 38.9 Å². The van der Waals surface area contributed by atoms with Gasteiger partial charge in [0, 0.05) is 14.9 Å². The van der Waals surface area contributed by atoms with Crippen LogP contribution in [0.5, 0.6) is 0 Å². The molecule has 90 valence electrons. The normalized spacial score (nSPS) is 12.8. The van der Waals surface area contributed by atoms with E-state index in [4.69, 9.17) is 28.9 Å². The third-order valence-corrected chi connectivity index (χ3v) is 4.25. The van der Waals surface area contributed by atoms with Crippen LogP contribution in [0, 0.1) is 13.8 Å². The Bertz CT molecular complexity index is 551. The van der Waals surface area contributed by atoms with Gasteiger partial charge in [0.2, 0.25) is 0 Å². The van der Waals surface area contributed by atoms with Gasteiger partial charge in [-0.1, -0.05) is 23.2 Å². The predicted molar refractivity (Wildman–Crippen MR) is 74.1 cm³/mol. The summed E-state index contributed by atoms with van der Waals surface area (Å²) in [4.78, 5) is 5.41. The van der Waals surface area contributed by atoms with Crippen LogP contribution in [0.1, 0.15) is 27.2 Å². The molecule has 0 amide bonds. The van der Waals surface area contributed by atoms with Gasteiger partial charge in [0.25, 0.3) is 0 Å². The van der Waals surface area contributed by atoms with Crippen LogP contribution in [0.4, 0.5) is 0 Å². The van der Waals surface area contributed by atoms with Gasteiger partial charge in [-0.05, 0) is 37.6 Å². The maximum Gasteiger partial charge on any atom is 0.0900 e. The summed E-state index contributed by atoms with van der Waals surface area (Å²) in [7, 11) is 0. The van der Waals surface area contributed by atoms with E-state index < -0.39 is 0 Å². The fourth-order valence-corrected chi connectivity index (χ4v) is 3.09. The average molecular weight is 287 g/mol. The molecule has 0 aliphatic rings. The maximum atomic E-state index is 6.23. The Morgan fingerprint density at radius 2 is 2.00 bits per heavy atom. The van der Waals surface area contributed by atoms with E-state index in [1.165, 1.54) is 0 Å². The van der Waals surface area contributed by atoms with Crippen molar-refractivity contribution < 1.29 is 0 Å². The molecule has 2 nitrogen and oxygen atoms in total. The highest BCUT2D eigenvalue weighted by atomic mass is 35.5. The molecule has 2 aromatic rings. The van der Waals surface area contributed by atoms with E-state index >= 15 is 0 Å². The van der Waals surface area contributed by atoms with E-state index in [-0.39, 0.29) is 6.04 Å². The number of nitrogens with zero attached hydrogens (tertiary/aromatic N) is 1. The summed E-state index contributed by atoms with van der Waals surface area (Å²) < 4.78 is 0. The zero-order chi connectivity index (χ0) is 12.6. The van der Waals surface area contributed by atoms with Crippen molar-refractivity contribution >= 4 is 34.5 Å². The van der Waals surface area contributed by atoms with Gasteiger partial charge in [0.05, 0.1) is 16.7 Å². The number of hydrogen-bond donors (Lipinski definition) is 1. The first-order valence-corrected chi connectivity index (χ1v) is 6.70. The second-order valence-corrected chi connectivity index (χ2v) is 5.90. The smallest absolute Gasteiger partial charge is 0.0900 e. The third kappa shape index (κ3) is 2.63. The molecule has 0 saturated heterocycles. The van der Waals surface area contributed by atoms with Gasteiger partial charge in [-0.15, -0.1) is 11.3 Å². The van der Waals surface area contributed by atoms with Crippen molar-refractivity contribution in [2.45, 2.75) is 19.9 Å². The highest BCUT2D eigenvalue weighted by Crippen LogP contribution is 2.33. The van der Waals surface area contributed by atoms with Crippen LogP contribution in [0.3, 0.4) is 0 Å². The summed E-state index contributed by atoms with van der Waals surface area (Å²) in [6.07, 6.45) is 0. The van der Waals surface area contributed by atoms with E-state index in [2.05, 4.69) is 4.98 Å². The van der Waals surface area contributed by atoms with E-state index in [1.807, 2.05) is 19.9 Å². The number of thiazole rings is 1. The van der Waals surface area contributed by atoms with Crippen LogP contribution in [-0.4, -0.2) is 4.98 Å². The number of rotatable bonds is 2. The van der Waals surface area contributed by atoms with Crippen LogP contribution in [-0.2, 0) is 0 Å². The lowest BCUT2D eigenvalue weighted by atomic mass is 10.1. The number of hydrogen-bond acceptors (Lipinski definition) is 3. The Morgan fingerprint density at radius 3 is 2.59 bits per heavy atom. The van der Waals surface area contributed by atoms with E-state index in [0.29, 0.717) is 10.0 Å². The summed E-state index contributed by atoms with van der Waals surface area (Å²) in [6, 6.07) is 5.06. The monoisotopic (exact) mass is 286 g/mol. The van der Waals surface area contributed by atoms with Gasteiger partial charge < -0.3 is 5.73 Å². The first-order chi connectivity index (χ1) is 7.99. The van der Waals surface area contributed by atoms with E-state index in [1.54, 1.807) is 23.5 Å². The highest BCUT2D eigenvalue weighted by molar-refractivity contribution is 7.11. The first-order valence-electron chi connectivity index (χ1n) is 5.13. The summed E-state index contributed by atoms with van der Waals surface area (Å²) in [6.45, 7) is 3.92. The quantitative estimate of drug-likeness (QED) is 0.902. The zero-order valence-corrected chi connectivity index (χ0v) is 11.8. The third-order valence-electron chi connectivity index (χ3n) is 2.51. The fourth-order valence-electron chi connectivity index (χ4n) is 1.73. The van der Waals surface area contributed by atoms with Crippen molar-refractivity contribution in [2.75, 3.05) is 0 Å². The van der Waals surface area contributed by atoms with Crippen molar-refractivity contribution in [2.24, 2.45) is 5.73 Å². The predicted octanol–water partition coefficient (Wildman–Crippen LogP) is 4.11. The second kappa shape index (κ2) is 4.94. The summed E-state index contributed by atoms with van der Waals surface area (Å²) >= 11 is 13.7. The first kappa shape index (κ1) is 12.8. The largest absolute Gasteiger partial charge is 0.320 e. The van der Waals surface area contributed by atoms with Crippen molar-refractivity contribution in [1.82, 2.24) is 4.98 Å². The van der Waals surface area contributed by atoms with Crippen molar-refractivity contribution in [3.8, 4) is 0 Å². The van der Waals surface area contributed by atoms with Crippen LogP contribution in [0.25, 0.3) is 0 Å². The molecule has 1 aromatic carbocycles. The number of aromatic nitrogens is 1. The molecule has 1 unspecified atom stereocenters. The molecule has 0 aliphatic heterocycles. The Balaban J connectivity index is 2.46. The molecule has 2 rings (SSSR count). The van der Waals surface area contributed by atoms with Crippen molar-refractivity contribution in [1.29, 1.82) is 0 Å². The van der Waals surface area contributed by atoms with Crippen molar-refractivity contribution in [3.05, 3.63) is 49.4 Å². The Morgan fingerprint density at radius 1 is 1.29 bits per heavy atom. The molecule has 17 heavy (non-hydrogen) atoms. The van der Waals surface area contributed by atoms with Crippen molar-refractivity contribution in [3.63, 3.8) is 0 Å². The average Bonchev–Trinajstić information content (AvgIpc) is 2.60. The summed E-state index contributed by atoms with van der Waals surface area (Å²) in [5.41, 5.74) is 8.02. The minimum Gasteiger partial charge on any atom is -0.320 e. The lowest BCUT2D eigenvalue weighted by Gasteiger charge is -2.13. The molecular weight excluding hydrogens is 275 g/mol. The van der Waals surface area contributed by atoms with Crippen LogP contribution < -0.4 is 5.73 Å². The second-order valence-electron chi connectivity index (χ2n) is 3.83. The Kier molecular flexibility index (Phi) is 3.73. The van der Waals surface area contributed by atoms with Gasteiger partial charge in [-0.2, -0.15) is 0 Å². The number of nitrogens with two attached hydrogens (primary N) is 1. The lowest BCUT2D eigenvalue weighted by molar-refractivity contribution is 0.877. The molecule has 2 N–H and O–H groups in total. The van der Waals surface area contributed by atoms with Gasteiger partial charge in [0.15, 0.2) is 0 Å². The summed E-state index contributed by atoms with van der Waals surface area (Å²) in [5, 5.41) is 2.28. The van der Waals surface area contributed by atoms with Crippen LogP contribution >= 0.6 is 34.5 Å². The molecule has 0 bridgehead atoms. The molecule has 5 heteroatoms. The minimum absolute atomic E-state index is 0.271. The summed E-state index contributed by atoms with van der Waals surface area (Å²) in [5.74, 6) is 0. The maximum absolute atomic E-state index is 6.23. The number of aryl methyl sites for hydroxylation is 2. The highest BCUT2D eigenvalue weighted by Gasteiger charge is 2.18. The molecule has 0 fully saturated rings. The molecule has 0 aliphatic carbocycles. The fraction of sp³-hybridized carbons (Fsp3) is 0.250. The molecule has 1 aromatic heterocycles. The standard InChI is InChI=1S/C12H12Cl2N2S/c1-6-12(17-7(2)16-6)11(15)9-5-8(13)3-4-10(9)14/h3-5,11H,15H2,1-2H3. The van der Waals surface area contributed by atoms with Gasteiger partial charge >= 0.3 is 0 Å². The van der Waals surface area contributed by atoms with E-state index in [9.17, 15) is 0 Å². The zero-order valence-electron chi connectivity index (χ0n) is 9.50. The van der Waals surface area contributed by atoms with Crippen LogP contribution in [0.15, 0.2) is 18.2 Å². The van der Waals surface area contributed by atoms with E-state index in [0.717, 1.165) is 21.1 Å². The lowest BCUT2D eigenvalue weighted by Crippen LogP contribution is -2.12. The van der Waals surface area contributed by atoms with Gasteiger partial charge in [-0.25, -0.2) is 4.98 Å². The SMILES string of the molecule is Cc1nc(C)c(C(N)c2cc(Cl)ccc2Cl)s1. The van der Waals surface area contributed by atoms with Crippen LogP contribution in [0.2, 0.25) is 10.0 Å². The van der Waals surface area contributed by atoms with Gasteiger partial charge in [0.1, 0.15) is 0 Å². The minimum atomic E-state index is -0.271. The molecular formula is C12H12Cl2N2S. The molecule has 1 heterocycles. The molecule has 0 spiro atoms. The Labute approximate surface area is 114 Å². The number of halogens is 2. The number of benzene rings is 1. The molecule has 0 radical (unpaired) electrons. The van der Waals surface area contributed by atoms with Gasteiger partial charge in [-0.3, -0.25) is 0 Å². The Hall–Kier alpha value is -0.610.